The minimum atomic E-state index is -4.43. The van der Waals surface area contributed by atoms with Crippen LogP contribution in [-0.2, 0) is 12.7 Å². The molecule has 3 aromatic rings. The zero-order chi connectivity index (χ0) is 23.0. The number of piperidine rings is 1. The smallest absolute Gasteiger partial charge is 0.384 e. The first kappa shape index (κ1) is 21.9. The highest BCUT2D eigenvalue weighted by Gasteiger charge is 2.30. The van der Waals surface area contributed by atoms with Crippen LogP contribution in [-0.4, -0.2) is 40.5 Å². The summed E-state index contributed by atoms with van der Waals surface area (Å²) in [6, 6.07) is 11.6. The van der Waals surface area contributed by atoms with E-state index in [1.807, 2.05) is 0 Å². The number of rotatable bonds is 4. The second kappa shape index (κ2) is 8.29. The lowest BCUT2D eigenvalue weighted by atomic mass is 10.1. The number of fused-ring (bicyclic) bond motifs is 1. The van der Waals surface area contributed by atoms with Crippen molar-refractivity contribution >= 4 is 22.6 Å². The van der Waals surface area contributed by atoms with Crippen LogP contribution in [0, 0.1) is 5.41 Å². The quantitative estimate of drug-likeness (QED) is 0.350. The van der Waals surface area contributed by atoms with Gasteiger partial charge in [0, 0.05) is 36.1 Å². The molecule has 4 rings (SSSR count). The fourth-order valence-corrected chi connectivity index (χ4v) is 3.96. The van der Waals surface area contributed by atoms with Crippen molar-refractivity contribution in [2.75, 3.05) is 13.1 Å². The maximum absolute atomic E-state index is 13.5. The topological polar surface area (TPSA) is 75.1 Å². The van der Waals surface area contributed by atoms with E-state index in [4.69, 9.17) is 11.1 Å². The predicted octanol–water partition coefficient (Wildman–Crippen LogP) is 4.57. The van der Waals surface area contributed by atoms with Crippen LogP contribution in [0.25, 0.3) is 10.9 Å². The summed E-state index contributed by atoms with van der Waals surface area (Å²) in [4.78, 5) is 14.9. The van der Waals surface area contributed by atoms with Gasteiger partial charge in [-0.1, -0.05) is 24.3 Å². The summed E-state index contributed by atoms with van der Waals surface area (Å²) in [6.07, 6.45) is -4.80. The van der Waals surface area contributed by atoms with E-state index in [2.05, 4.69) is 0 Å². The number of nitrogen functional groups attached to an aromatic ring is 1. The molecule has 0 aliphatic carbocycles. The Labute approximate surface area is 181 Å². The highest BCUT2D eigenvalue weighted by molar-refractivity contribution is 6.02. The Hall–Kier alpha value is -3.36. The molecule has 2 aromatic carbocycles. The van der Waals surface area contributed by atoms with Crippen molar-refractivity contribution in [3.05, 3.63) is 70.9 Å². The maximum Gasteiger partial charge on any atom is 0.416 e. The Balaban J connectivity index is 1.75. The van der Waals surface area contributed by atoms with Gasteiger partial charge in [0.15, 0.2) is 0 Å². The largest absolute Gasteiger partial charge is 0.416 e. The molecule has 0 unspecified atom stereocenters. The van der Waals surface area contributed by atoms with Crippen molar-refractivity contribution in [2.24, 2.45) is 5.73 Å². The van der Waals surface area contributed by atoms with Gasteiger partial charge in [-0.05, 0) is 42.7 Å². The highest BCUT2D eigenvalue weighted by Crippen LogP contribution is 2.30. The van der Waals surface area contributed by atoms with Crippen molar-refractivity contribution in [2.45, 2.75) is 31.7 Å². The first-order valence-electron chi connectivity index (χ1n) is 10.2. The Morgan fingerprint density at radius 3 is 2.31 bits per heavy atom. The summed E-state index contributed by atoms with van der Waals surface area (Å²) in [5, 5.41) is 8.45. The molecule has 3 N–H and O–H groups in total. The van der Waals surface area contributed by atoms with Gasteiger partial charge in [-0.3, -0.25) is 10.2 Å². The zero-order valence-electron chi connectivity index (χ0n) is 17.1. The first-order chi connectivity index (χ1) is 15.1. The molecule has 1 saturated heterocycles. The van der Waals surface area contributed by atoms with Gasteiger partial charge >= 0.3 is 6.18 Å². The van der Waals surface area contributed by atoms with Crippen LogP contribution in [0.3, 0.4) is 0 Å². The molecule has 0 atom stereocenters. The van der Waals surface area contributed by atoms with E-state index < -0.39 is 17.9 Å². The molecule has 0 bridgehead atoms. The summed E-state index contributed by atoms with van der Waals surface area (Å²) >= 11 is 0. The number of amidine groups is 1. The van der Waals surface area contributed by atoms with Crippen molar-refractivity contribution in [3.63, 3.8) is 0 Å². The average molecular weight is 446 g/mol. The molecule has 2 heterocycles. The van der Waals surface area contributed by atoms with E-state index >= 15 is 0 Å². The number of halogens is 4. The van der Waals surface area contributed by atoms with Crippen LogP contribution in [0.15, 0.2) is 48.5 Å². The van der Waals surface area contributed by atoms with E-state index in [0.717, 1.165) is 17.5 Å². The normalized spacial score (nSPS) is 15.3. The number of nitrogens with one attached hydrogen (secondary N) is 1. The van der Waals surface area contributed by atoms with Gasteiger partial charge in [0.1, 0.15) is 17.7 Å². The Kier molecular flexibility index (Phi) is 5.66. The summed E-state index contributed by atoms with van der Waals surface area (Å²) < 4.78 is 54.0. The lowest BCUT2D eigenvalue weighted by Gasteiger charge is -2.29. The fourth-order valence-electron chi connectivity index (χ4n) is 3.96. The lowest BCUT2D eigenvalue weighted by molar-refractivity contribution is -0.137. The summed E-state index contributed by atoms with van der Waals surface area (Å²) in [6.45, 7) is 0.768. The number of carbonyl (C=O) groups is 1. The molecule has 168 valence electrons. The molecule has 1 aromatic heterocycles. The number of hydrogen-bond donors (Lipinski definition) is 2. The van der Waals surface area contributed by atoms with Gasteiger partial charge < -0.3 is 15.2 Å². The third-order valence-electron chi connectivity index (χ3n) is 5.77. The van der Waals surface area contributed by atoms with Crippen molar-refractivity contribution in [1.29, 1.82) is 5.41 Å². The van der Waals surface area contributed by atoms with Gasteiger partial charge in [-0.2, -0.15) is 13.2 Å². The van der Waals surface area contributed by atoms with Crippen LogP contribution < -0.4 is 5.73 Å². The second-order valence-electron chi connectivity index (χ2n) is 7.96. The van der Waals surface area contributed by atoms with E-state index in [-0.39, 0.29) is 31.1 Å². The van der Waals surface area contributed by atoms with Gasteiger partial charge in [-0.15, -0.1) is 0 Å². The Morgan fingerprint density at radius 2 is 1.72 bits per heavy atom. The summed E-state index contributed by atoms with van der Waals surface area (Å²) in [5.74, 6) is -0.392. The molecule has 1 fully saturated rings. The van der Waals surface area contributed by atoms with E-state index in [9.17, 15) is 22.4 Å². The average Bonchev–Trinajstić information content (AvgIpc) is 3.11. The third-order valence-corrected chi connectivity index (χ3v) is 5.77. The van der Waals surface area contributed by atoms with Crippen molar-refractivity contribution < 1.29 is 22.4 Å². The number of nitrogens with two attached hydrogens (primary N) is 1. The molecular weight excluding hydrogens is 424 g/mol. The maximum atomic E-state index is 13.5. The number of aromatic nitrogens is 1. The number of benzene rings is 2. The zero-order valence-corrected chi connectivity index (χ0v) is 17.1. The number of carbonyl (C=O) groups excluding carboxylic acids is 1. The van der Waals surface area contributed by atoms with Crippen LogP contribution in [0.5, 0.6) is 0 Å². The third kappa shape index (κ3) is 4.32. The molecule has 1 amide bonds. The molecule has 1 aliphatic rings. The predicted molar refractivity (Wildman–Crippen MR) is 114 cm³/mol. The van der Waals surface area contributed by atoms with Crippen molar-refractivity contribution in [3.8, 4) is 0 Å². The molecule has 0 spiro atoms. The van der Waals surface area contributed by atoms with Gasteiger partial charge in [0.25, 0.3) is 5.91 Å². The lowest BCUT2D eigenvalue weighted by Crippen LogP contribution is -2.39. The van der Waals surface area contributed by atoms with E-state index in [0.29, 0.717) is 35.4 Å². The Bertz CT molecular complexity index is 1160. The molecule has 0 saturated carbocycles. The van der Waals surface area contributed by atoms with Crippen LogP contribution in [0.1, 0.15) is 40.0 Å². The van der Waals surface area contributed by atoms with Gasteiger partial charge in [0.2, 0.25) is 0 Å². The number of hydrogen-bond acceptors (Lipinski definition) is 2. The van der Waals surface area contributed by atoms with E-state index in [1.54, 1.807) is 33.7 Å². The molecule has 1 aliphatic heterocycles. The van der Waals surface area contributed by atoms with Crippen molar-refractivity contribution in [1.82, 2.24) is 9.47 Å². The highest BCUT2D eigenvalue weighted by atomic mass is 19.4. The minimum Gasteiger partial charge on any atom is -0.384 e. The number of alkyl halides is 4. The van der Waals surface area contributed by atoms with Crippen LogP contribution in [0.2, 0.25) is 0 Å². The second-order valence-corrected chi connectivity index (χ2v) is 7.96. The van der Waals surface area contributed by atoms with Crippen LogP contribution >= 0.6 is 0 Å². The monoisotopic (exact) mass is 446 g/mol. The van der Waals surface area contributed by atoms with Crippen LogP contribution in [0.4, 0.5) is 17.6 Å². The molecule has 9 heteroatoms. The summed E-state index contributed by atoms with van der Waals surface area (Å²) in [7, 11) is 0. The van der Waals surface area contributed by atoms with Gasteiger partial charge in [-0.25, -0.2) is 4.39 Å². The molecular formula is C23H22F4N4O. The first-order valence-corrected chi connectivity index (χ1v) is 10.2. The Morgan fingerprint density at radius 1 is 1.06 bits per heavy atom. The fraction of sp³-hybridized carbons (Fsp3) is 0.304. The molecule has 0 radical (unpaired) electrons. The molecule has 5 nitrogen and oxygen atoms in total. The van der Waals surface area contributed by atoms with E-state index in [1.165, 1.54) is 12.1 Å². The number of nitrogens with zero attached hydrogens (tertiary/aromatic N) is 2. The van der Waals surface area contributed by atoms with Gasteiger partial charge in [0.05, 0.1) is 5.56 Å². The number of likely N-dealkylation sites (tertiary alicyclic amines) is 1. The molecule has 32 heavy (non-hydrogen) atoms. The number of amides is 1. The SMILES string of the molecule is N=C(N)c1ccc2cc(C(=O)N3CCC(F)CC3)n(Cc3ccc(C(F)(F)F)cc3)c2c1. The minimum absolute atomic E-state index is 0.132. The summed E-state index contributed by atoms with van der Waals surface area (Å²) in [5.41, 5.74) is 6.93. The standard InChI is InChI=1S/C23H22F4N4O/c24-18-7-9-30(10-8-18)22(32)20-11-15-3-4-16(21(28)29)12-19(15)31(20)13-14-1-5-17(6-2-14)23(25,26)27/h1-6,11-12,18H,7-10,13H2,(H3,28,29).